The van der Waals surface area contributed by atoms with E-state index in [2.05, 4.69) is 19.2 Å². The Kier molecular flexibility index (Phi) is 4.20. The first-order valence-electron chi connectivity index (χ1n) is 5.41. The standard InChI is InChI=1S/C11H23NO/c1-10(2)7-11(8-12-3)5-4-6-13-9-11/h10,12H,4-9H2,1-3H3. The molecule has 0 aromatic heterocycles. The SMILES string of the molecule is CNCC1(CC(C)C)CCCOC1. The Balaban J connectivity index is 2.50. The molecule has 0 spiro atoms. The van der Waals surface area contributed by atoms with E-state index >= 15 is 0 Å². The smallest absolute Gasteiger partial charge is 0.0534 e. The minimum absolute atomic E-state index is 0.418. The first-order chi connectivity index (χ1) is 6.18. The summed E-state index contributed by atoms with van der Waals surface area (Å²) in [5.41, 5.74) is 0.418. The summed E-state index contributed by atoms with van der Waals surface area (Å²) in [6, 6.07) is 0. The monoisotopic (exact) mass is 185 g/mol. The summed E-state index contributed by atoms with van der Waals surface area (Å²) < 4.78 is 5.60. The molecule has 1 fully saturated rings. The second-order valence-electron chi connectivity index (χ2n) is 4.78. The van der Waals surface area contributed by atoms with E-state index in [0.29, 0.717) is 5.41 Å². The van der Waals surface area contributed by atoms with E-state index in [9.17, 15) is 0 Å². The Bertz CT molecular complexity index is 134. The summed E-state index contributed by atoms with van der Waals surface area (Å²) in [6.07, 6.45) is 3.84. The summed E-state index contributed by atoms with van der Waals surface area (Å²) in [5.74, 6) is 0.773. The number of ether oxygens (including phenoxy) is 1. The van der Waals surface area contributed by atoms with E-state index in [1.54, 1.807) is 0 Å². The molecular weight excluding hydrogens is 162 g/mol. The zero-order valence-corrected chi connectivity index (χ0v) is 9.23. The van der Waals surface area contributed by atoms with Crippen molar-refractivity contribution in [1.82, 2.24) is 5.32 Å². The molecule has 13 heavy (non-hydrogen) atoms. The highest BCUT2D eigenvalue weighted by atomic mass is 16.5. The van der Waals surface area contributed by atoms with Gasteiger partial charge in [-0.2, -0.15) is 0 Å². The van der Waals surface area contributed by atoms with Crippen LogP contribution in [0.4, 0.5) is 0 Å². The van der Waals surface area contributed by atoms with E-state index in [-0.39, 0.29) is 0 Å². The lowest BCUT2D eigenvalue weighted by molar-refractivity contribution is -0.0174. The number of nitrogens with one attached hydrogen (secondary N) is 1. The van der Waals surface area contributed by atoms with Crippen molar-refractivity contribution in [2.45, 2.75) is 33.1 Å². The van der Waals surface area contributed by atoms with Crippen molar-refractivity contribution in [1.29, 1.82) is 0 Å². The van der Waals surface area contributed by atoms with Crippen molar-refractivity contribution >= 4 is 0 Å². The van der Waals surface area contributed by atoms with Gasteiger partial charge < -0.3 is 10.1 Å². The van der Waals surface area contributed by atoms with Gasteiger partial charge in [0, 0.05) is 18.6 Å². The van der Waals surface area contributed by atoms with Crippen LogP contribution in [-0.4, -0.2) is 26.8 Å². The van der Waals surface area contributed by atoms with Crippen LogP contribution in [-0.2, 0) is 4.74 Å². The van der Waals surface area contributed by atoms with Crippen molar-refractivity contribution < 1.29 is 4.74 Å². The highest BCUT2D eigenvalue weighted by Crippen LogP contribution is 2.34. The molecule has 0 amide bonds. The van der Waals surface area contributed by atoms with Crippen molar-refractivity contribution in [3.05, 3.63) is 0 Å². The van der Waals surface area contributed by atoms with Gasteiger partial charge in [-0.3, -0.25) is 0 Å². The maximum atomic E-state index is 5.60. The fourth-order valence-electron chi connectivity index (χ4n) is 2.52. The number of hydrogen-bond acceptors (Lipinski definition) is 2. The van der Waals surface area contributed by atoms with Gasteiger partial charge in [-0.15, -0.1) is 0 Å². The van der Waals surface area contributed by atoms with E-state index in [0.717, 1.165) is 25.7 Å². The quantitative estimate of drug-likeness (QED) is 0.724. The average molecular weight is 185 g/mol. The van der Waals surface area contributed by atoms with Crippen LogP contribution in [0.5, 0.6) is 0 Å². The Morgan fingerprint density at radius 3 is 2.69 bits per heavy atom. The van der Waals surface area contributed by atoms with Crippen LogP contribution in [0.25, 0.3) is 0 Å². The molecule has 2 nitrogen and oxygen atoms in total. The third kappa shape index (κ3) is 3.28. The largest absolute Gasteiger partial charge is 0.381 e. The van der Waals surface area contributed by atoms with Gasteiger partial charge in [-0.25, -0.2) is 0 Å². The van der Waals surface area contributed by atoms with Gasteiger partial charge in [-0.05, 0) is 32.2 Å². The molecule has 1 N–H and O–H groups in total. The molecule has 0 bridgehead atoms. The van der Waals surface area contributed by atoms with E-state index < -0.39 is 0 Å². The fourth-order valence-corrected chi connectivity index (χ4v) is 2.52. The molecule has 2 heteroatoms. The topological polar surface area (TPSA) is 21.3 Å². The van der Waals surface area contributed by atoms with Crippen LogP contribution < -0.4 is 5.32 Å². The van der Waals surface area contributed by atoms with Crippen molar-refractivity contribution in [3.8, 4) is 0 Å². The van der Waals surface area contributed by atoms with Gasteiger partial charge in [0.15, 0.2) is 0 Å². The molecule has 0 aromatic rings. The highest BCUT2D eigenvalue weighted by Gasteiger charge is 2.32. The van der Waals surface area contributed by atoms with Crippen molar-refractivity contribution in [3.63, 3.8) is 0 Å². The predicted molar refractivity (Wildman–Crippen MR) is 55.9 cm³/mol. The van der Waals surface area contributed by atoms with Gasteiger partial charge in [0.05, 0.1) is 6.61 Å². The fraction of sp³-hybridized carbons (Fsp3) is 1.00. The van der Waals surface area contributed by atoms with Gasteiger partial charge in [0.25, 0.3) is 0 Å². The Labute approximate surface area is 82.0 Å². The van der Waals surface area contributed by atoms with Crippen LogP contribution in [0.2, 0.25) is 0 Å². The first kappa shape index (κ1) is 11.0. The molecule has 1 atom stereocenters. The number of hydrogen-bond donors (Lipinski definition) is 1. The third-order valence-corrected chi connectivity index (χ3v) is 2.80. The van der Waals surface area contributed by atoms with E-state index in [1.165, 1.54) is 19.3 Å². The van der Waals surface area contributed by atoms with E-state index in [4.69, 9.17) is 4.74 Å². The lowest BCUT2D eigenvalue weighted by Crippen LogP contribution is -2.41. The van der Waals surface area contributed by atoms with Crippen LogP contribution in [0.15, 0.2) is 0 Å². The van der Waals surface area contributed by atoms with Gasteiger partial charge in [0.2, 0.25) is 0 Å². The summed E-state index contributed by atoms with van der Waals surface area (Å²) >= 11 is 0. The zero-order chi connectivity index (χ0) is 9.73. The third-order valence-electron chi connectivity index (χ3n) is 2.80. The summed E-state index contributed by atoms with van der Waals surface area (Å²) in [4.78, 5) is 0. The predicted octanol–water partition coefficient (Wildman–Crippen LogP) is 2.05. The highest BCUT2D eigenvalue weighted by molar-refractivity contribution is 4.84. The van der Waals surface area contributed by atoms with Gasteiger partial charge in [0.1, 0.15) is 0 Å². The molecule has 1 saturated heterocycles. The molecule has 1 aliphatic rings. The molecule has 1 rings (SSSR count). The molecular formula is C11H23NO. The molecule has 78 valence electrons. The molecule has 1 heterocycles. The number of rotatable bonds is 4. The van der Waals surface area contributed by atoms with Gasteiger partial charge in [-0.1, -0.05) is 13.8 Å². The molecule has 0 aromatic carbocycles. The first-order valence-corrected chi connectivity index (χ1v) is 5.41. The van der Waals surface area contributed by atoms with Crippen LogP contribution in [0.1, 0.15) is 33.1 Å². The molecule has 0 aliphatic carbocycles. The Hall–Kier alpha value is -0.0800. The summed E-state index contributed by atoms with van der Waals surface area (Å²) in [5, 5.41) is 3.30. The zero-order valence-electron chi connectivity index (χ0n) is 9.23. The van der Waals surface area contributed by atoms with Crippen molar-refractivity contribution in [2.75, 3.05) is 26.8 Å². The van der Waals surface area contributed by atoms with E-state index in [1.807, 2.05) is 7.05 Å². The second-order valence-corrected chi connectivity index (χ2v) is 4.78. The second kappa shape index (κ2) is 4.97. The summed E-state index contributed by atoms with van der Waals surface area (Å²) in [6.45, 7) is 7.61. The lowest BCUT2D eigenvalue weighted by Gasteiger charge is -2.38. The minimum Gasteiger partial charge on any atom is -0.381 e. The van der Waals surface area contributed by atoms with Gasteiger partial charge >= 0.3 is 0 Å². The Morgan fingerprint density at radius 2 is 2.23 bits per heavy atom. The molecule has 0 saturated carbocycles. The molecule has 1 unspecified atom stereocenters. The lowest BCUT2D eigenvalue weighted by atomic mass is 9.76. The molecule has 0 radical (unpaired) electrons. The van der Waals surface area contributed by atoms with Crippen LogP contribution in [0.3, 0.4) is 0 Å². The summed E-state index contributed by atoms with van der Waals surface area (Å²) in [7, 11) is 2.04. The molecule has 1 aliphatic heterocycles. The average Bonchev–Trinajstić information content (AvgIpc) is 2.04. The maximum Gasteiger partial charge on any atom is 0.0534 e. The van der Waals surface area contributed by atoms with Crippen molar-refractivity contribution in [2.24, 2.45) is 11.3 Å². The Morgan fingerprint density at radius 1 is 1.46 bits per heavy atom. The maximum absolute atomic E-state index is 5.60. The normalized spacial score (nSPS) is 29.5. The van der Waals surface area contributed by atoms with Crippen LogP contribution in [0, 0.1) is 11.3 Å². The minimum atomic E-state index is 0.418. The van der Waals surface area contributed by atoms with Crippen LogP contribution >= 0.6 is 0 Å².